The maximum absolute atomic E-state index is 11.9. The van der Waals surface area contributed by atoms with Gasteiger partial charge >= 0.3 is 0 Å². The summed E-state index contributed by atoms with van der Waals surface area (Å²) in [4.78, 5) is 24.6. The first-order valence-corrected chi connectivity index (χ1v) is 8.19. The van der Waals surface area contributed by atoms with Gasteiger partial charge in [0.05, 0.1) is 12.8 Å². The van der Waals surface area contributed by atoms with Crippen molar-refractivity contribution in [3.63, 3.8) is 0 Å². The van der Waals surface area contributed by atoms with Crippen molar-refractivity contribution in [1.29, 1.82) is 0 Å². The van der Waals surface area contributed by atoms with Gasteiger partial charge in [-0.3, -0.25) is 4.79 Å². The van der Waals surface area contributed by atoms with E-state index in [0.717, 1.165) is 35.9 Å². The number of hydrogen-bond acceptors (Lipinski definition) is 6. The molecule has 132 valence electrons. The molecule has 0 spiro atoms. The summed E-state index contributed by atoms with van der Waals surface area (Å²) in [5, 5.41) is 0. The minimum Gasteiger partial charge on any atom is -0.497 e. The standard InChI is InChI=1S/C18H22N4O3/c1-24-12-18(23)22-9-7-21(8-10-22)17-11-16(19-13-20-17)14-3-5-15(25-2)6-4-14/h3-6,11,13H,7-10,12H2,1-2H3. The van der Waals surface area contributed by atoms with Gasteiger partial charge in [0.25, 0.3) is 0 Å². The number of amides is 1. The molecule has 0 saturated carbocycles. The molecule has 0 aliphatic carbocycles. The fourth-order valence-electron chi connectivity index (χ4n) is 2.84. The molecule has 0 unspecified atom stereocenters. The van der Waals surface area contributed by atoms with Crippen LogP contribution in [0.3, 0.4) is 0 Å². The summed E-state index contributed by atoms with van der Waals surface area (Å²) in [7, 11) is 3.19. The van der Waals surface area contributed by atoms with Gasteiger partial charge in [0.2, 0.25) is 5.91 Å². The van der Waals surface area contributed by atoms with Crippen LogP contribution in [0.25, 0.3) is 11.3 Å². The van der Waals surface area contributed by atoms with Gasteiger partial charge in [-0.25, -0.2) is 9.97 Å². The van der Waals surface area contributed by atoms with Crippen molar-refractivity contribution < 1.29 is 14.3 Å². The quantitative estimate of drug-likeness (QED) is 0.819. The van der Waals surface area contributed by atoms with Crippen LogP contribution in [-0.2, 0) is 9.53 Å². The van der Waals surface area contributed by atoms with E-state index >= 15 is 0 Å². The van der Waals surface area contributed by atoms with Crippen LogP contribution >= 0.6 is 0 Å². The van der Waals surface area contributed by atoms with E-state index in [2.05, 4.69) is 14.9 Å². The lowest BCUT2D eigenvalue weighted by Crippen LogP contribution is -2.50. The maximum Gasteiger partial charge on any atom is 0.248 e. The van der Waals surface area contributed by atoms with Crippen molar-refractivity contribution in [1.82, 2.24) is 14.9 Å². The number of aromatic nitrogens is 2. The number of methoxy groups -OCH3 is 2. The zero-order valence-electron chi connectivity index (χ0n) is 14.5. The molecular weight excluding hydrogens is 320 g/mol. The fourth-order valence-corrected chi connectivity index (χ4v) is 2.84. The molecule has 1 aliphatic heterocycles. The number of hydrogen-bond donors (Lipinski definition) is 0. The van der Waals surface area contributed by atoms with E-state index in [1.54, 1.807) is 13.4 Å². The second kappa shape index (κ2) is 7.94. The molecule has 0 bridgehead atoms. The van der Waals surface area contributed by atoms with E-state index in [1.165, 1.54) is 7.11 Å². The van der Waals surface area contributed by atoms with Gasteiger partial charge in [0.1, 0.15) is 24.5 Å². The molecule has 3 rings (SSSR count). The van der Waals surface area contributed by atoms with Gasteiger partial charge < -0.3 is 19.3 Å². The summed E-state index contributed by atoms with van der Waals surface area (Å²) in [5.41, 5.74) is 1.88. The monoisotopic (exact) mass is 342 g/mol. The van der Waals surface area contributed by atoms with Crippen LogP contribution in [-0.4, -0.2) is 67.8 Å². The van der Waals surface area contributed by atoms with E-state index in [1.807, 2.05) is 35.2 Å². The Bertz CT molecular complexity index is 713. The van der Waals surface area contributed by atoms with Crippen LogP contribution in [0, 0.1) is 0 Å². The van der Waals surface area contributed by atoms with Gasteiger partial charge in [-0.2, -0.15) is 0 Å². The van der Waals surface area contributed by atoms with Crippen molar-refractivity contribution in [3.05, 3.63) is 36.7 Å². The van der Waals surface area contributed by atoms with Crippen LogP contribution in [0.4, 0.5) is 5.82 Å². The van der Waals surface area contributed by atoms with Crippen molar-refractivity contribution >= 4 is 11.7 Å². The molecule has 25 heavy (non-hydrogen) atoms. The molecule has 1 amide bonds. The number of anilines is 1. The third-order valence-corrected chi connectivity index (χ3v) is 4.26. The highest BCUT2D eigenvalue weighted by atomic mass is 16.5. The minimum atomic E-state index is 0.0313. The van der Waals surface area contributed by atoms with E-state index in [9.17, 15) is 4.79 Å². The molecule has 2 heterocycles. The second-order valence-electron chi connectivity index (χ2n) is 5.79. The number of carbonyl (C=O) groups is 1. The van der Waals surface area contributed by atoms with E-state index < -0.39 is 0 Å². The number of piperazine rings is 1. The first kappa shape index (κ1) is 17.2. The summed E-state index contributed by atoms with van der Waals surface area (Å²) in [5.74, 6) is 1.72. The highest BCUT2D eigenvalue weighted by Gasteiger charge is 2.22. The van der Waals surface area contributed by atoms with Gasteiger partial charge in [-0.1, -0.05) is 0 Å². The Morgan fingerprint density at radius 2 is 1.80 bits per heavy atom. The van der Waals surface area contributed by atoms with Crippen LogP contribution in [0.5, 0.6) is 5.75 Å². The minimum absolute atomic E-state index is 0.0313. The molecule has 1 saturated heterocycles. The molecule has 0 N–H and O–H groups in total. The van der Waals surface area contributed by atoms with Gasteiger partial charge in [0.15, 0.2) is 0 Å². The third kappa shape index (κ3) is 4.06. The highest BCUT2D eigenvalue weighted by Crippen LogP contribution is 2.23. The molecule has 2 aromatic rings. The fraction of sp³-hybridized carbons (Fsp3) is 0.389. The Labute approximate surface area is 147 Å². The second-order valence-corrected chi connectivity index (χ2v) is 5.79. The lowest BCUT2D eigenvalue weighted by Gasteiger charge is -2.35. The van der Waals surface area contributed by atoms with Gasteiger partial charge in [-0.15, -0.1) is 0 Å². The largest absolute Gasteiger partial charge is 0.497 e. The van der Waals surface area contributed by atoms with Crippen LogP contribution in [0.2, 0.25) is 0 Å². The Kier molecular flexibility index (Phi) is 5.45. The summed E-state index contributed by atoms with van der Waals surface area (Å²) in [6.45, 7) is 2.96. The first-order chi connectivity index (χ1) is 12.2. The average molecular weight is 342 g/mol. The zero-order chi connectivity index (χ0) is 17.6. The summed E-state index contributed by atoms with van der Waals surface area (Å²) in [6.07, 6.45) is 1.58. The summed E-state index contributed by atoms with van der Waals surface area (Å²) in [6, 6.07) is 9.77. The van der Waals surface area contributed by atoms with Crippen molar-refractivity contribution in [2.24, 2.45) is 0 Å². The molecule has 0 atom stereocenters. The predicted molar refractivity (Wildman–Crippen MR) is 94.7 cm³/mol. The molecule has 1 aliphatic rings. The highest BCUT2D eigenvalue weighted by molar-refractivity contribution is 5.77. The molecule has 1 aromatic carbocycles. The van der Waals surface area contributed by atoms with Crippen molar-refractivity contribution in [2.45, 2.75) is 0 Å². The number of rotatable bonds is 5. The maximum atomic E-state index is 11.9. The van der Waals surface area contributed by atoms with Gasteiger partial charge in [-0.05, 0) is 24.3 Å². The molecule has 7 nitrogen and oxygen atoms in total. The Morgan fingerprint density at radius 1 is 1.08 bits per heavy atom. The number of benzene rings is 1. The number of nitrogens with zero attached hydrogens (tertiary/aromatic N) is 4. The van der Waals surface area contributed by atoms with E-state index in [4.69, 9.17) is 9.47 Å². The smallest absolute Gasteiger partial charge is 0.248 e. The lowest BCUT2D eigenvalue weighted by atomic mass is 10.1. The first-order valence-electron chi connectivity index (χ1n) is 8.19. The lowest BCUT2D eigenvalue weighted by molar-refractivity contribution is -0.135. The topological polar surface area (TPSA) is 67.8 Å². The van der Waals surface area contributed by atoms with E-state index in [0.29, 0.717) is 13.1 Å². The number of ether oxygens (including phenoxy) is 2. The normalized spacial score (nSPS) is 14.5. The van der Waals surface area contributed by atoms with E-state index in [-0.39, 0.29) is 12.5 Å². The molecule has 1 fully saturated rings. The van der Waals surface area contributed by atoms with Crippen LogP contribution in [0.1, 0.15) is 0 Å². The van der Waals surface area contributed by atoms with Crippen LogP contribution in [0.15, 0.2) is 36.7 Å². The van der Waals surface area contributed by atoms with Crippen molar-refractivity contribution in [2.75, 3.05) is 51.9 Å². The Balaban J connectivity index is 1.69. The molecule has 0 radical (unpaired) electrons. The average Bonchev–Trinajstić information content (AvgIpc) is 2.68. The molecule has 7 heteroatoms. The molecule has 1 aromatic heterocycles. The van der Waals surface area contributed by atoms with Crippen LogP contribution < -0.4 is 9.64 Å². The summed E-state index contributed by atoms with van der Waals surface area (Å²) >= 11 is 0. The Morgan fingerprint density at radius 3 is 2.44 bits per heavy atom. The summed E-state index contributed by atoms with van der Waals surface area (Å²) < 4.78 is 10.1. The van der Waals surface area contributed by atoms with Gasteiger partial charge in [0, 0.05) is 44.9 Å². The molecular formula is C18H22N4O3. The zero-order valence-corrected chi connectivity index (χ0v) is 14.5. The number of carbonyl (C=O) groups excluding carboxylic acids is 1. The third-order valence-electron chi connectivity index (χ3n) is 4.26. The predicted octanol–water partition coefficient (Wildman–Crippen LogP) is 1.45. The Hall–Kier alpha value is -2.67. The SMILES string of the molecule is COCC(=O)N1CCN(c2cc(-c3ccc(OC)cc3)ncn2)CC1. The van der Waals surface area contributed by atoms with Crippen molar-refractivity contribution in [3.8, 4) is 17.0 Å².